The highest BCUT2D eigenvalue weighted by atomic mass is 35.5. The number of nitrogens with one attached hydrogen (secondary N) is 1. The number of aromatic amines is 1. The topological polar surface area (TPSA) is 42.1 Å². The van der Waals surface area contributed by atoms with E-state index >= 15 is 0 Å². The van der Waals surface area contributed by atoms with Gasteiger partial charge in [-0.1, -0.05) is 11.6 Å². The third kappa shape index (κ3) is 2.41. The normalized spacial score (nSPS) is 10.8. The number of ether oxygens (including phenoxy) is 1. The number of fused-ring (bicyclic) bond motifs is 1. The third-order valence-electron chi connectivity index (χ3n) is 3.49. The number of carbonyl (C=O) groups excluding carboxylic acids is 1. The van der Waals surface area contributed by atoms with Crippen LogP contribution in [0.5, 0.6) is 5.75 Å². The molecule has 0 amide bonds. The Morgan fingerprint density at radius 1 is 1.14 bits per heavy atom. The molecule has 1 N–H and O–H groups in total. The maximum absolute atomic E-state index is 12.1. The number of Topliss-reactive ketones (excluding diaryl/α,β-unsaturated/α-hetero) is 1. The maximum atomic E-state index is 12.1. The SMILES string of the molecule is COc1ccc(-c2[nH]c3ccc(Cl)cc3c2C(C)=O)cc1. The van der Waals surface area contributed by atoms with E-state index in [-0.39, 0.29) is 5.78 Å². The molecule has 3 nitrogen and oxygen atoms in total. The van der Waals surface area contributed by atoms with Gasteiger partial charge in [0.1, 0.15) is 5.75 Å². The summed E-state index contributed by atoms with van der Waals surface area (Å²) in [5.74, 6) is 0.789. The molecule has 1 heterocycles. The molecule has 0 radical (unpaired) electrons. The van der Waals surface area contributed by atoms with E-state index in [9.17, 15) is 4.79 Å². The lowest BCUT2D eigenvalue weighted by atomic mass is 10.0. The number of hydrogen-bond donors (Lipinski definition) is 1. The Labute approximate surface area is 127 Å². The molecule has 21 heavy (non-hydrogen) atoms. The summed E-state index contributed by atoms with van der Waals surface area (Å²) >= 11 is 6.05. The number of carbonyl (C=O) groups is 1. The van der Waals surface area contributed by atoms with E-state index in [4.69, 9.17) is 16.3 Å². The van der Waals surface area contributed by atoms with Crippen molar-refractivity contribution in [2.45, 2.75) is 6.92 Å². The number of methoxy groups -OCH3 is 1. The van der Waals surface area contributed by atoms with Crippen LogP contribution in [-0.4, -0.2) is 17.9 Å². The summed E-state index contributed by atoms with van der Waals surface area (Å²) in [6.07, 6.45) is 0. The van der Waals surface area contributed by atoms with Gasteiger partial charge in [-0.15, -0.1) is 0 Å². The number of ketones is 1. The van der Waals surface area contributed by atoms with Gasteiger partial charge >= 0.3 is 0 Å². The first-order chi connectivity index (χ1) is 10.1. The Bertz CT molecular complexity index is 819. The highest BCUT2D eigenvalue weighted by Crippen LogP contribution is 2.33. The Hall–Kier alpha value is -2.26. The second-order valence-corrected chi connectivity index (χ2v) is 5.29. The third-order valence-corrected chi connectivity index (χ3v) is 3.73. The molecule has 1 aromatic heterocycles. The second kappa shape index (κ2) is 5.26. The van der Waals surface area contributed by atoms with E-state index in [2.05, 4.69) is 4.98 Å². The van der Waals surface area contributed by atoms with Crippen LogP contribution in [0.1, 0.15) is 17.3 Å². The summed E-state index contributed by atoms with van der Waals surface area (Å²) < 4.78 is 5.16. The van der Waals surface area contributed by atoms with Crippen molar-refractivity contribution in [3.8, 4) is 17.0 Å². The van der Waals surface area contributed by atoms with Crippen molar-refractivity contribution in [2.24, 2.45) is 0 Å². The molecule has 0 unspecified atom stereocenters. The van der Waals surface area contributed by atoms with Crippen molar-refractivity contribution in [3.05, 3.63) is 53.1 Å². The molecule has 3 aromatic rings. The zero-order valence-electron chi connectivity index (χ0n) is 11.7. The fraction of sp³-hybridized carbons (Fsp3) is 0.118. The standard InChI is InChI=1S/C17H14ClNO2/c1-10(20)16-14-9-12(18)5-8-15(14)19-17(16)11-3-6-13(21-2)7-4-11/h3-9,19H,1-2H3. The lowest BCUT2D eigenvalue weighted by molar-refractivity contribution is 0.102. The first-order valence-electron chi connectivity index (χ1n) is 6.56. The highest BCUT2D eigenvalue weighted by molar-refractivity contribution is 6.31. The summed E-state index contributed by atoms with van der Waals surface area (Å²) in [6.45, 7) is 1.57. The Morgan fingerprint density at radius 2 is 1.86 bits per heavy atom. The van der Waals surface area contributed by atoms with Crippen LogP contribution < -0.4 is 4.74 Å². The molecule has 0 bridgehead atoms. The van der Waals surface area contributed by atoms with Gasteiger partial charge in [0.05, 0.1) is 18.4 Å². The molecule has 0 atom stereocenters. The lowest BCUT2D eigenvalue weighted by Crippen LogP contribution is -1.94. The van der Waals surface area contributed by atoms with E-state index in [1.807, 2.05) is 42.5 Å². The number of halogens is 1. The zero-order valence-corrected chi connectivity index (χ0v) is 12.5. The molecule has 4 heteroatoms. The lowest BCUT2D eigenvalue weighted by Gasteiger charge is -2.04. The average molecular weight is 300 g/mol. The van der Waals surface area contributed by atoms with E-state index in [0.29, 0.717) is 10.6 Å². The minimum atomic E-state index is 0.00864. The van der Waals surface area contributed by atoms with Crippen LogP contribution in [0.2, 0.25) is 5.02 Å². The number of benzene rings is 2. The van der Waals surface area contributed by atoms with E-state index in [0.717, 1.165) is 27.9 Å². The number of aromatic nitrogens is 1. The first kappa shape index (κ1) is 13.7. The smallest absolute Gasteiger partial charge is 0.162 e. The molecular formula is C17H14ClNO2. The molecule has 0 aliphatic rings. The average Bonchev–Trinajstić information content (AvgIpc) is 2.86. The van der Waals surface area contributed by atoms with Crippen molar-refractivity contribution < 1.29 is 9.53 Å². The highest BCUT2D eigenvalue weighted by Gasteiger charge is 2.17. The fourth-order valence-electron chi connectivity index (χ4n) is 2.50. The molecule has 0 saturated heterocycles. The van der Waals surface area contributed by atoms with Gasteiger partial charge in [0.25, 0.3) is 0 Å². The number of rotatable bonds is 3. The molecule has 0 aliphatic carbocycles. The summed E-state index contributed by atoms with van der Waals surface area (Å²) in [6, 6.07) is 13.1. The van der Waals surface area contributed by atoms with Crippen LogP contribution in [-0.2, 0) is 0 Å². The summed E-state index contributed by atoms with van der Waals surface area (Å²) in [4.78, 5) is 15.4. The summed E-state index contributed by atoms with van der Waals surface area (Å²) in [5.41, 5.74) is 3.31. The van der Waals surface area contributed by atoms with Crippen LogP contribution >= 0.6 is 11.6 Å². The molecule has 0 spiro atoms. The Balaban J connectivity index is 2.25. The predicted octanol–water partition coefficient (Wildman–Crippen LogP) is 4.70. The van der Waals surface area contributed by atoms with Gasteiger partial charge in [-0.25, -0.2) is 0 Å². The molecular weight excluding hydrogens is 286 g/mol. The van der Waals surface area contributed by atoms with Crippen molar-refractivity contribution >= 4 is 28.3 Å². The Kier molecular flexibility index (Phi) is 3.43. The molecule has 0 saturated carbocycles. The minimum Gasteiger partial charge on any atom is -0.497 e. The minimum absolute atomic E-state index is 0.00864. The maximum Gasteiger partial charge on any atom is 0.162 e. The van der Waals surface area contributed by atoms with Crippen LogP contribution in [0.3, 0.4) is 0 Å². The van der Waals surface area contributed by atoms with Crippen molar-refractivity contribution in [3.63, 3.8) is 0 Å². The van der Waals surface area contributed by atoms with Crippen molar-refractivity contribution in [2.75, 3.05) is 7.11 Å². The van der Waals surface area contributed by atoms with Crippen molar-refractivity contribution in [1.82, 2.24) is 4.98 Å². The van der Waals surface area contributed by atoms with Crippen LogP contribution in [0.4, 0.5) is 0 Å². The largest absolute Gasteiger partial charge is 0.497 e. The summed E-state index contributed by atoms with van der Waals surface area (Å²) in [5, 5.41) is 1.46. The van der Waals surface area contributed by atoms with Crippen LogP contribution in [0, 0.1) is 0 Å². The Morgan fingerprint density at radius 3 is 2.48 bits per heavy atom. The van der Waals surface area contributed by atoms with Crippen LogP contribution in [0.25, 0.3) is 22.2 Å². The second-order valence-electron chi connectivity index (χ2n) is 4.85. The van der Waals surface area contributed by atoms with E-state index in [1.165, 1.54) is 0 Å². The quantitative estimate of drug-likeness (QED) is 0.712. The van der Waals surface area contributed by atoms with Crippen LogP contribution in [0.15, 0.2) is 42.5 Å². The van der Waals surface area contributed by atoms with Gasteiger partial charge in [0, 0.05) is 15.9 Å². The molecule has 106 valence electrons. The van der Waals surface area contributed by atoms with Gasteiger partial charge in [-0.05, 0) is 55.0 Å². The van der Waals surface area contributed by atoms with E-state index in [1.54, 1.807) is 14.0 Å². The van der Waals surface area contributed by atoms with Crippen molar-refractivity contribution in [1.29, 1.82) is 0 Å². The molecule has 2 aromatic carbocycles. The van der Waals surface area contributed by atoms with Gasteiger partial charge in [0.15, 0.2) is 5.78 Å². The van der Waals surface area contributed by atoms with E-state index < -0.39 is 0 Å². The first-order valence-corrected chi connectivity index (χ1v) is 6.94. The predicted molar refractivity (Wildman–Crippen MR) is 85.3 cm³/mol. The van der Waals surface area contributed by atoms with Gasteiger partial charge in [-0.3, -0.25) is 4.79 Å². The molecule has 0 fully saturated rings. The molecule has 0 aliphatic heterocycles. The zero-order chi connectivity index (χ0) is 15.0. The monoisotopic (exact) mass is 299 g/mol. The number of H-pyrrole nitrogens is 1. The summed E-state index contributed by atoms with van der Waals surface area (Å²) in [7, 11) is 1.63. The van der Waals surface area contributed by atoms with Gasteiger partial charge in [0.2, 0.25) is 0 Å². The van der Waals surface area contributed by atoms with Gasteiger partial charge in [-0.2, -0.15) is 0 Å². The fourth-order valence-corrected chi connectivity index (χ4v) is 2.68. The number of hydrogen-bond acceptors (Lipinski definition) is 2. The van der Waals surface area contributed by atoms with Gasteiger partial charge < -0.3 is 9.72 Å². The molecule has 3 rings (SSSR count).